The summed E-state index contributed by atoms with van der Waals surface area (Å²) in [6, 6.07) is 23.0. The van der Waals surface area contributed by atoms with Crippen LogP contribution in [0.4, 0.5) is 33.5 Å². The highest BCUT2D eigenvalue weighted by Crippen LogP contribution is 2.31. The van der Waals surface area contributed by atoms with Gasteiger partial charge in [0, 0.05) is 57.8 Å². The summed E-state index contributed by atoms with van der Waals surface area (Å²) in [5, 5.41) is 22.4. The number of hydrogen-bond donors (Lipinski definition) is 7. The van der Waals surface area contributed by atoms with Crippen LogP contribution in [0.15, 0.2) is 111 Å². The Morgan fingerprint density at radius 2 is 1.09 bits per heavy atom. The predicted octanol–water partition coefficient (Wildman–Crippen LogP) is 6.94. The van der Waals surface area contributed by atoms with Crippen LogP contribution in [-0.2, 0) is 19.2 Å². The summed E-state index contributed by atoms with van der Waals surface area (Å²) >= 11 is 7.81. The minimum absolute atomic E-state index is 0.0338. The van der Waals surface area contributed by atoms with E-state index in [1.165, 1.54) is 11.0 Å². The number of nitrogens with one attached hydrogen (secondary N) is 7. The normalized spacial score (nSPS) is 11.1. The van der Waals surface area contributed by atoms with Gasteiger partial charge in [0.05, 0.1) is 15.8 Å². The van der Waals surface area contributed by atoms with E-state index in [0.29, 0.717) is 61.1 Å². The van der Waals surface area contributed by atoms with Crippen molar-refractivity contribution in [1.29, 1.82) is 0 Å². The smallest absolute Gasteiger partial charge is 0.246 e. The molecule has 21 heteroatoms. The summed E-state index contributed by atoms with van der Waals surface area (Å²) in [5.41, 5.74) is 2.25. The van der Waals surface area contributed by atoms with Gasteiger partial charge in [0.2, 0.25) is 23.0 Å². The first kappa shape index (κ1) is 52.5. The van der Waals surface area contributed by atoms with Crippen LogP contribution in [-0.4, -0.2) is 110 Å². The standard InChI is InChI=1S/C23H27N7O2S.C20H25N7OS.C3H3ClO/c1-5-21(31)30(4)15(2)22(32)25-12-11-24-19-13-20(28-16(3)27-19)29-23-26-14-18(33-23)17-9-7-6-8-10-17;1-13(21-3)19(28)23-10-9-22-17-11-18(26-14(2)25-17)27-20-24-12-16(29-20)15-7-5-4-6-8-15;1-2-3(4)5/h5-10,13-15H,1,11-12H2,2-4H3,(H,25,32)(H2,24,26,27,28,29);4-8,11-13,21H,9-10H2,1-3H3,(H,23,28)(H2,22,24,25,26,27);2H,1H2/t15-;13-;/m00./s1. The zero-order valence-electron chi connectivity index (χ0n) is 38.1. The van der Waals surface area contributed by atoms with Crippen LogP contribution in [0.5, 0.6) is 0 Å². The fourth-order valence-electron chi connectivity index (χ4n) is 5.49. The van der Waals surface area contributed by atoms with Crippen molar-refractivity contribution >= 4 is 90.8 Å². The zero-order chi connectivity index (χ0) is 48.7. The number of carbonyl (C=O) groups is 4. The molecular weight excluding hydrogens is 912 g/mol. The Morgan fingerprint density at radius 1 is 0.672 bits per heavy atom. The molecule has 0 spiro atoms. The van der Waals surface area contributed by atoms with Crippen LogP contribution < -0.4 is 37.2 Å². The fourth-order valence-corrected chi connectivity index (χ4v) is 7.15. The predicted molar refractivity (Wildman–Crippen MR) is 270 cm³/mol. The van der Waals surface area contributed by atoms with E-state index < -0.39 is 11.3 Å². The number of nitrogens with zero attached hydrogens (tertiary/aromatic N) is 7. The minimum atomic E-state index is -0.591. The van der Waals surface area contributed by atoms with Crippen LogP contribution in [0.1, 0.15) is 25.5 Å². The van der Waals surface area contributed by atoms with Crippen molar-refractivity contribution in [1.82, 2.24) is 50.8 Å². The molecule has 0 saturated carbocycles. The number of halogens is 1. The number of carbonyl (C=O) groups excluding carboxylic acids is 4. The summed E-state index contributed by atoms with van der Waals surface area (Å²) < 4.78 is 0. The van der Waals surface area contributed by atoms with Crippen LogP contribution in [0, 0.1) is 13.8 Å². The lowest BCUT2D eigenvalue weighted by Gasteiger charge is -2.22. The molecule has 0 radical (unpaired) electrons. The molecular formula is C46H55ClN14O4S2. The number of thiazole rings is 2. The van der Waals surface area contributed by atoms with E-state index in [9.17, 15) is 19.2 Å². The van der Waals surface area contributed by atoms with Crippen LogP contribution in [0.3, 0.4) is 0 Å². The number of hydrogen-bond acceptors (Lipinski definition) is 17. The number of likely N-dealkylation sites (N-methyl/N-ethyl adjacent to an activating group) is 2. The van der Waals surface area contributed by atoms with Crippen LogP contribution >= 0.6 is 34.3 Å². The van der Waals surface area contributed by atoms with Crippen LogP contribution in [0.25, 0.3) is 20.9 Å². The first-order valence-corrected chi connectivity index (χ1v) is 22.9. The number of anilines is 6. The molecule has 0 aliphatic carbocycles. The summed E-state index contributed by atoms with van der Waals surface area (Å²) in [7, 11) is 3.32. The van der Waals surface area contributed by atoms with Gasteiger partial charge in [-0.25, -0.2) is 29.9 Å². The third kappa shape index (κ3) is 18.0. The average molecular weight is 968 g/mol. The topological polar surface area (TPSA) is 233 Å². The van der Waals surface area contributed by atoms with Crippen molar-refractivity contribution < 1.29 is 19.2 Å². The maximum absolute atomic E-state index is 12.2. The zero-order valence-corrected chi connectivity index (χ0v) is 40.5. The molecule has 0 saturated heterocycles. The van der Waals surface area contributed by atoms with E-state index in [4.69, 9.17) is 11.6 Å². The van der Waals surface area contributed by atoms with Gasteiger partial charge in [-0.2, -0.15) is 0 Å². The second-order valence-corrected chi connectivity index (χ2v) is 16.6. The number of aromatic nitrogens is 6. The molecule has 0 aliphatic heterocycles. The van der Waals surface area contributed by atoms with Gasteiger partial charge in [0.15, 0.2) is 10.3 Å². The number of allylic oxidation sites excluding steroid dienone is 1. The van der Waals surface area contributed by atoms with Gasteiger partial charge >= 0.3 is 0 Å². The fraction of sp³-hybridized carbons (Fsp3) is 0.261. The van der Waals surface area contributed by atoms with Gasteiger partial charge in [-0.05, 0) is 69.6 Å². The number of rotatable bonds is 20. The van der Waals surface area contributed by atoms with Crippen molar-refractivity contribution in [3.8, 4) is 20.9 Å². The van der Waals surface area contributed by atoms with Gasteiger partial charge in [0.1, 0.15) is 41.0 Å². The molecule has 0 aliphatic rings. The minimum Gasteiger partial charge on any atom is -0.368 e. The van der Waals surface area contributed by atoms with Crippen molar-refractivity contribution in [2.24, 2.45) is 0 Å². The molecule has 2 atom stereocenters. The largest absolute Gasteiger partial charge is 0.368 e. The van der Waals surface area contributed by atoms with E-state index in [1.807, 2.05) is 87.8 Å². The molecule has 2 aromatic carbocycles. The highest BCUT2D eigenvalue weighted by atomic mass is 35.5. The SMILES string of the molecule is C=CC(=O)Cl.C=CC(=O)N(C)[C@@H](C)C(=O)NCCNc1cc(Nc2ncc(-c3ccccc3)s2)nc(C)n1.CN[C@@H](C)C(=O)NCCNc1cc(Nc2ncc(-c3ccccc3)s2)nc(C)n1. The molecule has 0 unspecified atom stereocenters. The van der Waals surface area contributed by atoms with E-state index in [-0.39, 0.29) is 23.8 Å². The molecule has 18 nitrogen and oxygen atoms in total. The molecule has 4 aromatic heterocycles. The first-order valence-electron chi connectivity index (χ1n) is 20.9. The monoisotopic (exact) mass is 966 g/mol. The maximum atomic E-state index is 12.2. The Bertz CT molecular complexity index is 2560. The highest BCUT2D eigenvalue weighted by Gasteiger charge is 2.20. The Hall–Kier alpha value is -7.13. The summed E-state index contributed by atoms with van der Waals surface area (Å²) in [6.45, 7) is 15.5. The van der Waals surface area contributed by atoms with Gasteiger partial charge in [-0.3, -0.25) is 19.2 Å². The lowest BCUT2D eigenvalue weighted by molar-refractivity contribution is -0.134. The van der Waals surface area contributed by atoms with Crippen molar-refractivity contribution in [3.63, 3.8) is 0 Å². The second kappa shape index (κ2) is 27.4. The van der Waals surface area contributed by atoms with Crippen molar-refractivity contribution in [2.75, 3.05) is 61.5 Å². The lowest BCUT2D eigenvalue weighted by Crippen LogP contribution is -2.46. The molecule has 6 rings (SSSR count). The van der Waals surface area contributed by atoms with Gasteiger partial charge in [-0.1, -0.05) is 96.5 Å². The third-order valence-corrected chi connectivity index (χ3v) is 11.3. The van der Waals surface area contributed by atoms with Gasteiger partial charge in [-0.15, -0.1) is 0 Å². The quantitative estimate of drug-likeness (QED) is 0.0233. The summed E-state index contributed by atoms with van der Waals surface area (Å²) in [5.74, 6) is 3.28. The van der Waals surface area contributed by atoms with E-state index >= 15 is 0 Å². The third-order valence-electron chi connectivity index (χ3n) is 9.20. The lowest BCUT2D eigenvalue weighted by atomic mass is 10.2. The molecule has 67 heavy (non-hydrogen) atoms. The summed E-state index contributed by atoms with van der Waals surface area (Å²) in [4.78, 5) is 75.1. The Morgan fingerprint density at radius 3 is 1.49 bits per heavy atom. The number of aryl methyl sites for hydroxylation is 2. The molecule has 4 heterocycles. The number of benzene rings is 2. The molecule has 6 aromatic rings. The second-order valence-electron chi connectivity index (χ2n) is 14.2. The molecule has 352 valence electrons. The highest BCUT2D eigenvalue weighted by molar-refractivity contribution is 7.19. The van der Waals surface area contributed by atoms with E-state index in [1.54, 1.807) is 49.8 Å². The van der Waals surface area contributed by atoms with Crippen LogP contribution in [0.2, 0.25) is 0 Å². The number of amides is 3. The maximum Gasteiger partial charge on any atom is 0.246 e. The Balaban J connectivity index is 0.000000267. The van der Waals surface area contributed by atoms with Gasteiger partial charge < -0.3 is 42.1 Å². The molecule has 7 N–H and O–H groups in total. The van der Waals surface area contributed by atoms with Crippen molar-refractivity contribution in [2.45, 2.75) is 39.8 Å². The average Bonchev–Trinajstić information content (AvgIpc) is 4.01. The molecule has 3 amide bonds. The van der Waals surface area contributed by atoms with E-state index in [0.717, 1.165) is 37.2 Å². The molecule has 0 bridgehead atoms. The Labute approximate surface area is 403 Å². The molecule has 0 fully saturated rings. The van der Waals surface area contributed by atoms with Crippen molar-refractivity contribution in [3.05, 3.63) is 122 Å². The summed E-state index contributed by atoms with van der Waals surface area (Å²) in [6.07, 6.45) is 5.91. The van der Waals surface area contributed by atoms with Gasteiger partial charge in [0.25, 0.3) is 0 Å². The van der Waals surface area contributed by atoms with E-state index in [2.05, 4.69) is 92.4 Å². The Kier molecular flexibility index (Phi) is 21.4. The first-order chi connectivity index (χ1) is 32.2.